The lowest BCUT2D eigenvalue weighted by atomic mass is 10.1. The van der Waals surface area contributed by atoms with E-state index in [0.29, 0.717) is 5.56 Å². The first-order valence-corrected chi connectivity index (χ1v) is 12.6. The molecule has 0 radical (unpaired) electrons. The van der Waals surface area contributed by atoms with Gasteiger partial charge in [-0.1, -0.05) is 18.2 Å². The lowest BCUT2D eigenvalue weighted by Gasteiger charge is -2.37. The predicted molar refractivity (Wildman–Crippen MR) is 131 cm³/mol. The van der Waals surface area contributed by atoms with E-state index in [2.05, 4.69) is 15.4 Å². The number of ether oxygens (including phenoxy) is 1. The van der Waals surface area contributed by atoms with Crippen LogP contribution in [0.3, 0.4) is 0 Å². The van der Waals surface area contributed by atoms with E-state index < -0.39 is 52.2 Å². The molecule has 2 N–H and O–H groups in total. The van der Waals surface area contributed by atoms with Gasteiger partial charge in [-0.15, -0.1) is 13.2 Å². The summed E-state index contributed by atoms with van der Waals surface area (Å²) < 4.78 is 83.9. The highest BCUT2D eigenvalue weighted by molar-refractivity contribution is 7.93. The van der Waals surface area contributed by atoms with Crippen LogP contribution >= 0.6 is 0 Å². The van der Waals surface area contributed by atoms with Gasteiger partial charge in [0, 0.05) is 5.69 Å². The predicted octanol–water partition coefficient (Wildman–Crippen LogP) is 4.89. The molecular formula is C25H21F4N3O5S. The number of fused-ring (bicyclic) bond motifs is 1. The summed E-state index contributed by atoms with van der Waals surface area (Å²) in [6.45, 7) is 2.91. The van der Waals surface area contributed by atoms with E-state index in [9.17, 15) is 35.6 Å². The molecule has 0 aromatic heterocycles. The van der Waals surface area contributed by atoms with E-state index in [-0.39, 0.29) is 27.5 Å². The van der Waals surface area contributed by atoms with Crippen molar-refractivity contribution < 1.29 is 40.3 Å². The second-order valence-electron chi connectivity index (χ2n) is 8.51. The molecular weight excluding hydrogens is 530 g/mol. The third-order valence-electron chi connectivity index (χ3n) is 5.75. The number of alkyl halides is 3. The molecule has 13 heteroatoms. The van der Waals surface area contributed by atoms with E-state index >= 15 is 0 Å². The van der Waals surface area contributed by atoms with Gasteiger partial charge >= 0.3 is 6.36 Å². The van der Waals surface area contributed by atoms with Gasteiger partial charge in [0.25, 0.3) is 10.0 Å². The first-order valence-electron chi connectivity index (χ1n) is 11.1. The van der Waals surface area contributed by atoms with Gasteiger partial charge in [-0.05, 0) is 67.4 Å². The molecule has 38 heavy (non-hydrogen) atoms. The number of benzene rings is 3. The molecule has 1 atom stereocenters. The number of anilines is 3. The van der Waals surface area contributed by atoms with Crippen LogP contribution in [0.2, 0.25) is 0 Å². The minimum absolute atomic E-state index is 0.0573. The number of para-hydroxylation sites is 2. The second kappa shape index (κ2) is 9.97. The van der Waals surface area contributed by atoms with Crippen LogP contribution in [0.4, 0.5) is 34.6 Å². The maximum atomic E-state index is 13.9. The largest absolute Gasteiger partial charge is 0.573 e. The van der Waals surface area contributed by atoms with Crippen LogP contribution in [0.5, 0.6) is 5.75 Å². The van der Waals surface area contributed by atoms with Crippen molar-refractivity contribution in [3.05, 3.63) is 77.6 Å². The quantitative estimate of drug-likeness (QED) is 0.425. The molecule has 1 aliphatic rings. The van der Waals surface area contributed by atoms with Crippen molar-refractivity contribution in [2.45, 2.75) is 37.6 Å². The van der Waals surface area contributed by atoms with Crippen LogP contribution < -0.4 is 19.7 Å². The SMILES string of the molecule is Cc1ccc(F)cc1NC(=O)CC1C(=O)Nc2ccccc2N1S(=O)(=O)c1ccc(OC(F)(F)F)cc1C. The normalized spacial score (nSPS) is 15.5. The highest BCUT2D eigenvalue weighted by Gasteiger charge is 2.42. The number of hydrogen-bond acceptors (Lipinski definition) is 5. The van der Waals surface area contributed by atoms with Crippen molar-refractivity contribution in [3.63, 3.8) is 0 Å². The Morgan fingerprint density at radius 2 is 1.76 bits per heavy atom. The van der Waals surface area contributed by atoms with Gasteiger partial charge in [-0.25, -0.2) is 12.8 Å². The second-order valence-corrected chi connectivity index (χ2v) is 10.3. The van der Waals surface area contributed by atoms with Crippen molar-refractivity contribution in [1.82, 2.24) is 0 Å². The summed E-state index contributed by atoms with van der Waals surface area (Å²) in [5.41, 5.74) is 0.834. The fourth-order valence-corrected chi connectivity index (χ4v) is 5.90. The summed E-state index contributed by atoms with van der Waals surface area (Å²) >= 11 is 0. The Kier molecular flexibility index (Phi) is 7.06. The molecule has 0 saturated heterocycles. The Morgan fingerprint density at radius 3 is 2.45 bits per heavy atom. The number of halogens is 4. The number of hydrogen-bond donors (Lipinski definition) is 2. The zero-order valence-corrected chi connectivity index (χ0v) is 20.8. The number of aryl methyl sites for hydroxylation is 2. The van der Waals surface area contributed by atoms with Crippen LogP contribution in [-0.4, -0.2) is 32.6 Å². The third-order valence-corrected chi connectivity index (χ3v) is 7.74. The van der Waals surface area contributed by atoms with Crippen LogP contribution in [0.15, 0.2) is 65.6 Å². The topological polar surface area (TPSA) is 105 Å². The Hall–Kier alpha value is -4.13. The Labute approximate surface area is 215 Å². The summed E-state index contributed by atoms with van der Waals surface area (Å²) in [4.78, 5) is 25.6. The summed E-state index contributed by atoms with van der Waals surface area (Å²) in [5.74, 6) is -2.78. The minimum Gasteiger partial charge on any atom is -0.406 e. The number of carbonyl (C=O) groups is 2. The maximum absolute atomic E-state index is 13.9. The Bertz CT molecular complexity index is 1530. The first-order chi connectivity index (χ1) is 17.8. The molecule has 3 aromatic rings. The van der Waals surface area contributed by atoms with Crippen molar-refractivity contribution in [1.29, 1.82) is 0 Å². The fraction of sp³-hybridized carbons (Fsp3) is 0.200. The summed E-state index contributed by atoms with van der Waals surface area (Å²) in [7, 11) is -4.59. The Balaban J connectivity index is 1.73. The minimum atomic E-state index is -4.98. The van der Waals surface area contributed by atoms with Gasteiger partial charge in [0.15, 0.2) is 0 Å². The molecule has 2 amide bonds. The van der Waals surface area contributed by atoms with E-state index in [1.807, 2.05) is 0 Å². The number of sulfonamides is 1. The van der Waals surface area contributed by atoms with Crippen molar-refractivity contribution in [3.8, 4) is 5.75 Å². The summed E-state index contributed by atoms with van der Waals surface area (Å²) in [6.07, 6.45) is -5.61. The molecule has 4 rings (SSSR count). The van der Waals surface area contributed by atoms with E-state index in [0.717, 1.165) is 28.6 Å². The van der Waals surface area contributed by atoms with Gasteiger partial charge < -0.3 is 15.4 Å². The van der Waals surface area contributed by atoms with E-state index in [1.165, 1.54) is 37.3 Å². The molecule has 0 fully saturated rings. The zero-order chi connectivity index (χ0) is 27.8. The van der Waals surface area contributed by atoms with Gasteiger partial charge in [0.2, 0.25) is 11.8 Å². The number of rotatable bonds is 6. The third kappa shape index (κ3) is 5.57. The fourth-order valence-electron chi connectivity index (χ4n) is 4.05. The molecule has 1 unspecified atom stereocenters. The smallest absolute Gasteiger partial charge is 0.406 e. The van der Waals surface area contributed by atoms with Crippen LogP contribution in [0.25, 0.3) is 0 Å². The molecule has 0 bridgehead atoms. The van der Waals surface area contributed by atoms with Crippen LogP contribution in [0.1, 0.15) is 17.5 Å². The van der Waals surface area contributed by atoms with Gasteiger partial charge in [-0.2, -0.15) is 0 Å². The molecule has 8 nitrogen and oxygen atoms in total. The number of amides is 2. The van der Waals surface area contributed by atoms with E-state index in [4.69, 9.17) is 0 Å². The zero-order valence-electron chi connectivity index (χ0n) is 20.0. The molecule has 0 spiro atoms. The Morgan fingerprint density at radius 1 is 1.05 bits per heavy atom. The molecule has 3 aromatic carbocycles. The van der Waals surface area contributed by atoms with Crippen molar-refractivity contribution >= 4 is 38.9 Å². The average molecular weight is 552 g/mol. The summed E-state index contributed by atoms with van der Waals surface area (Å²) in [5, 5.41) is 5.06. The first kappa shape index (κ1) is 26.9. The highest BCUT2D eigenvalue weighted by Crippen LogP contribution is 2.38. The molecule has 1 heterocycles. The lowest BCUT2D eigenvalue weighted by Crippen LogP contribution is -2.52. The monoisotopic (exact) mass is 551 g/mol. The molecule has 0 aliphatic carbocycles. The van der Waals surface area contributed by atoms with Crippen LogP contribution in [0, 0.1) is 19.7 Å². The molecule has 1 aliphatic heterocycles. The number of nitrogens with one attached hydrogen (secondary N) is 2. The van der Waals surface area contributed by atoms with Crippen molar-refractivity contribution in [2.24, 2.45) is 0 Å². The highest BCUT2D eigenvalue weighted by atomic mass is 32.2. The van der Waals surface area contributed by atoms with E-state index in [1.54, 1.807) is 13.0 Å². The maximum Gasteiger partial charge on any atom is 0.573 e. The van der Waals surface area contributed by atoms with Gasteiger partial charge in [0.1, 0.15) is 17.6 Å². The lowest BCUT2D eigenvalue weighted by molar-refractivity contribution is -0.274. The van der Waals surface area contributed by atoms with Gasteiger partial charge in [0.05, 0.1) is 22.7 Å². The molecule has 0 saturated carbocycles. The average Bonchev–Trinajstić information content (AvgIpc) is 2.80. The summed E-state index contributed by atoms with van der Waals surface area (Å²) in [6, 6.07) is 10.9. The van der Waals surface area contributed by atoms with Crippen molar-refractivity contribution in [2.75, 3.05) is 14.9 Å². The standard InChI is InChI=1S/C25H21F4N3O5S/c1-14-7-8-16(26)12-19(14)30-23(33)13-21-24(34)31-18-5-3-4-6-20(18)32(21)38(35,36)22-10-9-17(11-15(22)2)37-25(27,28)29/h3-12,21H,13H2,1-2H3,(H,30,33)(H,31,34). The number of carbonyl (C=O) groups excluding carboxylic acids is 2. The van der Waals surface area contributed by atoms with Gasteiger partial charge in [-0.3, -0.25) is 13.9 Å². The van der Waals surface area contributed by atoms with Crippen LogP contribution in [-0.2, 0) is 19.6 Å². The number of nitrogens with zero attached hydrogens (tertiary/aromatic N) is 1. The molecule has 200 valence electrons.